The van der Waals surface area contributed by atoms with Crippen LogP contribution in [-0.2, 0) is 26.2 Å². The molecule has 0 fully saturated rings. The quantitative estimate of drug-likeness (QED) is 0.344. The number of hydrogen-bond donors (Lipinski definition) is 1. The lowest BCUT2D eigenvalue weighted by atomic mass is 10.1. The molecule has 0 bridgehead atoms. The Morgan fingerprint density at radius 1 is 1.05 bits per heavy atom. The molecular formula is C26H33Cl2N3O6S. The molecule has 3 rings (SSSR count). The van der Waals surface area contributed by atoms with Crippen LogP contribution in [0.3, 0.4) is 0 Å². The van der Waals surface area contributed by atoms with Gasteiger partial charge in [-0.15, -0.1) is 0 Å². The lowest BCUT2D eigenvalue weighted by molar-refractivity contribution is -0.140. The van der Waals surface area contributed by atoms with Gasteiger partial charge >= 0.3 is 0 Å². The van der Waals surface area contributed by atoms with Crippen LogP contribution in [-0.4, -0.2) is 56.8 Å². The van der Waals surface area contributed by atoms with Crippen molar-refractivity contribution < 1.29 is 27.5 Å². The predicted octanol–water partition coefficient (Wildman–Crippen LogP) is 4.60. The second-order valence-corrected chi connectivity index (χ2v) is 11.8. The standard InChI is InChI=1S/C26H33Cl2N3O6S/c1-4-7-12-29-26(33)22(5-2)30(15-18-8-9-19(27)13-21(18)28)25(32)16-31(38(34,35)6-3)20-10-11-23-24(14-20)37-17-36-23/h8-11,13-14,22H,4-7,12,15-17H2,1-3H3,(H,29,33). The number of anilines is 1. The van der Waals surface area contributed by atoms with Crippen LogP contribution in [0.15, 0.2) is 36.4 Å². The Bertz CT molecular complexity index is 1260. The first kappa shape index (κ1) is 29.9. The monoisotopic (exact) mass is 585 g/mol. The summed E-state index contributed by atoms with van der Waals surface area (Å²) in [6.07, 6.45) is 2.02. The maximum Gasteiger partial charge on any atom is 0.244 e. The van der Waals surface area contributed by atoms with Crippen molar-refractivity contribution in [3.8, 4) is 11.5 Å². The maximum absolute atomic E-state index is 13.9. The molecule has 12 heteroatoms. The van der Waals surface area contributed by atoms with Gasteiger partial charge in [0.2, 0.25) is 28.6 Å². The van der Waals surface area contributed by atoms with Crippen molar-refractivity contribution in [3.05, 3.63) is 52.0 Å². The smallest absolute Gasteiger partial charge is 0.244 e. The Kier molecular flexibility index (Phi) is 10.5. The van der Waals surface area contributed by atoms with Gasteiger partial charge in [-0.05, 0) is 49.6 Å². The predicted molar refractivity (Wildman–Crippen MR) is 148 cm³/mol. The number of hydrogen-bond acceptors (Lipinski definition) is 6. The normalized spacial score (nSPS) is 13.2. The highest BCUT2D eigenvalue weighted by molar-refractivity contribution is 7.92. The average Bonchev–Trinajstić information content (AvgIpc) is 3.36. The van der Waals surface area contributed by atoms with Gasteiger partial charge in [-0.2, -0.15) is 0 Å². The molecule has 208 valence electrons. The minimum atomic E-state index is -3.87. The fourth-order valence-electron chi connectivity index (χ4n) is 4.02. The number of carbonyl (C=O) groups is 2. The Balaban J connectivity index is 1.97. The SMILES string of the molecule is CCCCNC(=O)C(CC)N(Cc1ccc(Cl)cc1Cl)C(=O)CN(c1ccc2c(c1)OCO2)S(=O)(=O)CC. The van der Waals surface area contributed by atoms with Crippen LogP contribution in [0.2, 0.25) is 10.0 Å². The number of halogens is 2. The number of benzene rings is 2. The van der Waals surface area contributed by atoms with Crippen molar-refractivity contribution in [2.75, 3.05) is 29.9 Å². The van der Waals surface area contributed by atoms with Crippen molar-refractivity contribution in [2.24, 2.45) is 0 Å². The molecule has 0 aliphatic carbocycles. The molecule has 1 atom stereocenters. The number of nitrogens with zero attached hydrogens (tertiary/aromatic N) is 2. The highest BCUT2D eigenvalue weighted by Crippen LogP contribution is 2.36. The van der Waals surface area contributed by atoms with Gasteiger partial charge in [-0.25, -0.2) is 8.42 Å². The van der Waals surface area contributed by atoms with E-state index in [4.69, 9.17) is 32.7 Å². The molecule has 1 aliphatic rings. The lowest BCUT2D eigenvalue weighted by Crippen LogP contribution is -2.52. The van der Waals surface area contributed by atoms with Crippen molar-refractivity contribution >= 4 is 50.7 Å². The van der Waals surface area contributed by atoms with E-state index in [2.05, 4.69) is 5.32 Å². The van der Waals surface area contributed by atoms with E-state index in [0.717, 1.165) is 17.1 Å². The van der Waals surface area contributed by atoms with E-state index in [1.807, 2.05) is 6.92 Å². The first-order valence-electron chi connectivity index (χ1n) is 12.5. The van der Waals surface area contributed by atoms with E-state index in [-0.39, 0.29) is 30.7 Å². The molecule has 0 aromatic heterocycles. The van der Waals surface area contributed by atoms with Gasteiger partial charge in [-0.1, -0.05) is 49.5 Å². The second kappa shape index (κ2) is 13.4. The molecule has 1 unspecified atom stereocenters. The van der Waals surface area contributed by atoms with Gasteiger partial charge in [0, 0.05) is 29.2 Å². The average molecular weight is 587 g/mol. The molecule has 0 saturated heterocycles. The van der Waals surface area contributed by atoms with Gasteiger partial charge in [0.1, 0.15) is 12.6 Å². The third-order valence-electron chi connectivity index (χ3n) is 6.19. The fraction of sp³-hybridized carbons (Fsp3) is 0.462. The molecule has 0 saturated carbocycles. The number of rotatable bonds is 13. The minimum absolute atomic E-state index is 0.00427. The third kappa shape index (κ3) is 7.24. The molecule has 2 aromatic carbocycles. The number of sulfonamides is 1. The van der Waals surface area contributed by atoms with Crippen LogP contribution in [0.25, 0.3) is 0 Å². The lowest BCUT2D eigenvalue weighted by Gasteiger charge is -2.33. The number of carbonyl (C=O) groups excluding carboxylic acids is 2. The number of fused-ring (bicyclic) bond motifs is 1. The van der Waals surface area contributed by atoms with Crippen molar-refractivity contribution in [2.45, 2.75) is 52.6 Å². The molecule has 1 aliphatic heterocycles. The highest BCUT2D eigenvalue weighted by Gasteiger charge is 2.33. The van der Waals surface area contributed by atoms with E-state index in [0.29, 0.717) is 40.1 Å². The van der Waals surface area contributed by atoms with Gasteiger partial charge < -0.3 is 19.7 Å². The van der Waals surface area contributed by atoms with E-state index in [1.165, 1.54) is 17.9 Å². The van der Waals surface area contributed by atoms with Gasteiger partial charge in [0.05, 0.1) is 11.4 Å². The largest absolute Gasteiger partial charge is 0.454 e. The zero-order valence-corrected chi connectivity index (χ0v) is 24.0. The maximum atomic E-state index is 13.9. The van der Waals surface area contributed by atoms with E-state index < -0.39 is 28.5 Å². The fourth-order valence-corrected chi connectivity index (χ4v) is 5.54. The molecule has 2 aromatic rings. The number of amides is 2. The highest BCUT2D eigenvalue weighted by atomic mass is 35.5. The van der Waals surface area contributed by atoms with E-state index >= 15 is 0 Å². The van der Waals surface area contributed by atoms with Crippen LogP contribution in [0.5, 0.6) is 11.5 Å². The van der Waals surface area contributed by atoms with Crippen molar-refractivity contribution in [3.63, 3.8) is 0 Å². The van der Waals surface area contributed by atoms with Gasteiger partial charge in [0.25, 0.3) is 0 Å². The number of nitrogens with one attached hydrogen (secondary N) is 1. The Morgan fingerprint density at radius 2 is 1.79 bits per heavy atom. The molecule has 2 amide bonds. The van der Waals surface area contributed by atoms with E-state index in [1.54, 1.807) is 37.3 Å². The molecule has 0 spiro atoms. The Labute approximate surface area is 234 Å². The van der Waals surface area contributed by atoms with Crippen LogP contribution < -0.4 is 19.1 Å². The van der Waals surface area contributed by atoms with E-state index in [9.17, 15) is 18.0 Å². The Hall–Kier alpha value is -2.69. The summed E-state index contributed by atoms with van der Waals surface area (Å²) in [6.45, 7) is 5.30. The molecule has 9 nitrogen and oxygen atoms in total. The summed E-state index contributed by atoms with van der Waals surface area (Å²) in [6, 6.07) is 8.74. The van der Waals surface area contributed by atoms with Gasteiger partial charge in [-0.3, -0.25) is 13.9 Å². The summed E-state index contributed by atoms with van der Waals surface area (Å²) in [5.74, 6) is -0.219. The summed E-state index contributed by atoms with van der Waals surface area (Å²) in [4.78, 5) is 28.4. The second-order valence-electron chi connectivity index (χ2n) is 8.77. The number of ether oxygens (including phenoxy) is 2. The summed E-state index contributed by atoms with van der Waals surface area (Å²) in [5.41, 5.74) is 0.839. The molecule has 1 N–H and O–H groups in total. The van der Waals surface area contributed by atoms with Crippen molar-refractivity contribution in [1.82, 2.24) is 10.2 Å². The summed E-state index contributed by atoms with van der Waals surface area (Å²) in [7, 11) is -3.87. The molecule has 1 heterocycles. The summed E-state index contributed by atoms with van der Waals surface area (Å²) >= 11 is 12.5. The topological polar surface area (TPSA) is 105 Å². The Morgan fingerprint density at radius 3 is 2.45 bits per heavy atom. The molecular weight excluding hydrogens is 553 g/mol. The first-order valence-corrected chi connectivity index (χ1v) is 14.9. The van der Waals surface area contributed by atoms with Gasteiger partial charge in [0.15, 0.2) is 11.5 Å². The number of unbranched alkanes of at least 4 members (excludes halogenated alkanes) is 1. The van der Waals surface area contributed by atoms with Crippen LogP contribution in [0, 0.1) is 0 Å². The van der Waals surface area contributed by atoms with Crippen LogP contribution >= 0.6 is 23.2 Å². The minimum Gasteiger partial charge on any atom is -0.454 e. The first-order chi connectivity index (χ1) is 18.1. The third-order valence-corrected chi connectivity index (χ3v) is 8.52. The van der Waals surface area contributed by atoms with Crippen LogP contribution in [0.4, 0.5) is 5.69 Å². The molecule has 0 radical (unpaired) electrons. The van der Waals surface area contributed by atoms with Crippen molar-refractivity contribution in [1.29, 1.82) is 0 Å². The molecule has 38 heavy (non-hydrogen) atoms. The summed E-state index contributed by atoms with van der Waals surface area (Å²) in [5, 5.41) is 3.66. The summed E-state index contributed by atoms with van der Waals surface area (Å²) < 4.78 is 38.0. The zero-order valence-electron chi connectivity index (χ0n) is 21.7. The zero-order chi connectivity index (χ0) is 27.9. The van der Waals surface area contributed by atoms with Crippen LogP contribution in [0.1, 0.15) is 45.6 Å².